The Bertz CT molecular complexity index is 369. The van der Waals surface area contributed by atoms with Crippen LogP contribution in [0.1, 0.15) is 38.8 Å². The molecular formula is C15H24FNO. The van der Waals surface area contributed by atoms with Crippen molar-refractivity contribution in [3.63, 3.8) is 0 Å². The van der Waals surface area contributed by atoms with Crippen LogP contribution in [0.5, 0.6) is 0 Å². The van der Waals surface area contributed by atoms with Crippen LogP contribution in [0, 0.1) is 11.7 Å². The lowest BCUT2D eigenvalue weighted by Crippen LogP contribution is -2.35. The van der Waals surface area contributed by atoms with Crippen molar-refractivity contribution in [1.29, 1.82) is 0 Å². The third-order valence-electron chi connectivity index (χ3n) is 3.79. The standard InChI is InChI=1S/C15H24FNO/c1-5-11(2)15(18)10-17(4)12(3)13-8-6-7-9-14(13)16/h6-9,11-12,15,18H,5,10H2,1-4H3. The van der Waals surface area contributed by atoms with E-state index in [1.807, 2.05) is 31.9 Å². The van der Waals surface area contributed by atoms with Gasteiger partial charge in [0.2, 0.25) is 0 Å². The number of aliphatic hydroxyl groups excluding tert-OH is 1. The first kappa shape index (κ1) is 15.1. The van der Waals surface area contributed by atoms with Crippen LogP contribution in [0.4, 0.5) is 4.39 Å². The lowest BCUT2D eigenvalue weighted by Gasteiger charge is -2.29. The van der Waals surface area contributed by atoms with E-state index >= 15 is 0 Å². The molecule has 0 aliphatic rings. The molecule has 0 aliphatic heterocycles. The molecule has 18 heavy (non-hydrogen) atoms. The Morgan fingerprint density at radius 2 is 1.89 bits per heavy atom. The smallest absolute Gasteiger partial charge is 0.127 e. The fourth-order valence-electron chi connectivity index (χ4n) is 1.96. The second kappa shape index (κ2) is 6.86. The molecule has 102 valence electrons. The predicted octanol–water partition coefficient (Wildman–Crippen LogP) is 3.23. The van der Waals surface area contributed by atoms with E-state index < -0.39 is 0 Å². The van der Waals surface area contributed by atoms with Crippen LogP contribution in [0.25, 0.3) is 0 Å². The minimum Gasteiger partial charge on any atom is -0.392 e. The first-order valence-corrected chi connectivity index (χ1v) is 6.60. The number of aliphatic hydroxyl groups is 1. The van der Waals surface area contributed by atoms with Gasteiger partial charge in [0, 0.05) is 18.2 Å². The van der Waals surface area contributed by atoms with Crippen molar-refractivity contribution >= 4 is 0 Å². The minimum absolute atomic E-state index is 0.0371. The number of benzene rings is 1. The third kappa shape index (κ3) is 3.79. The molecule has 0 saturated heterocycles. The van der Waals surface area contributed by atoms with Crippen LogP contribution in [0.3, 0.4) is 0 Å². The second-order valence-corrected chi connectivity index (χ2v) is 5.09. The van der Waals surface area contributed by atoms with Gasteiger partial charge >= 0.3 is 0 Å². The zero-order valence-electron chi connectivity index (χ0n) is 11.7. The van der Waals surface area contributed by atoms with E-state index in [1.54, 1.807) is 12.1 Å². The topological polar surface area (TPSA) is 23.5 Å². The van der Waals surface area contributed by atoms with Gasteiger partial charge in [-0.2, -0.15) is 0 Å². The Morgan fingerprint density at radius 3 is 2.44 bits per heavy atom. The number of halogens is 1. The molecular weight excluding hydrogens is 229 g/mol. The van der Waals surface area contributed by atoms with E-state index in [2.05, 4.69) is 6.92 Å². The van der Waals surface area contributed by atoms with Crippen LogP contribution >= 0.6 is 0 Å². The number of rotatable bonds is 6. The Hall–Kier alpha value is -0.930. The SMILES string of the molecule is CCC(C)C(O)CN(C)C(C)c1ccccc1F. The van der Waals surface area contributed by atoms with E-state index in [4.69, 9.17) is 0 Å². The highest BCUT2D eigenvalue weighted by molar-refractivity contribution is 5.20. The van der Waals surface area contributed by atoms with E-state index in [0.29, 0.717) is 12.1 Å². The van der Waals surface area contributed by atoms with E-state index in [0.717, 1.165) is 6.42 Å². The lowest BCUT2D eigenvalue weighted by atomic mass is 10.00. The van der Waals surface area contributed by atoms with Crippen LogP contribution in [0.15, 0.2) is 24.3 Å². The highest BCUT2D eigenvalue weighted by atomic mass is 19.1. The van der Waals surface area contributed by atoms with Gasteiger partial charge in [-0.1, -0.05) is 38.5 Å². The zero-order chi connectivity index (χ0) is 13.7. The molecule has 0 aliphatic carbocycles. The maximum absolute atomic E-state index is 13.7. The first-order valence-electron chi connectivity index (χ1n) is 6.60. The highest BCUT2D eigenvalue weighted by Gasteiger charge is 2.20. The largest absolute Gasteiger partial charge is 0.392 e. The Labute approximate surface area is 109 Å². The summed E-state index contributed by atoms with van der Waals surface area (Å²) < 4.78 is 13.7. The summed E-state index contributed by atoms with van der Waals surface area (Å²) in [5.41, 5.74) is 0.677. The van der Waals surface area contributed by atoms with Gasteiger partial charge < -0.3 is 5.11 Å². The van der Waals surface area contributed by atoms with Gasteiger partial charge in [0.15, 0.2) is 0 Å². The number of hydrogen-bond acceptors (Lipinski definition) is 2. The Balaban J connectivity index is 2.67. The minimum atomic E-state index is -0.366. The maximum Gasteiger partial charge on any atom is 0.127 e. The van der Waals surface area contributed by atoms with Gasteiger partial charge in [-0.05, 0) is 26.0 Å². The molecule has 3 unspecified atom stereocenters. The van der Waals surface area contributed by atoms with Crippen molar-refractivity contribution in [2.24, 2.45) is 5.92 Å². The van der Waals surface area contributed by atoms with Crippen molar-refractivity contribution in [2.75, 3.05) is 13.6 Å². The molecule has 1 N–H and O–H groups in total. The van der Waals surface area contributed by atoms with Gasteiger partial charge in [-0.25, -0.2) is 4.39 Å². The maximum atomic E-state index is 13.7. The van der Waals surface area contributed by atoms with Gasteiger partial charge in [-0.3, -0.25) is 4.90 Å². The molecule has 2 nitrogen and oxygen atoms in total. The normalized spacial score (nSPS) is 16.6. The van der Waals surface area contributed by atoms with Gasteiger partial charge in [0.1, 0.15) is 5.82 Å². The molecule has 0 fully saturated rings. The predicted molar refractivity (Wildman–Crippen MR) is 72.9 cm³/mol. The fourth-order valence-corrected chi connectivity index (χ4v) is 1.96. The van der Waals surface area contributed by atoms with Gasteiger partial charge in [0.05, 0.1) is 6.10 Å². The molecule has 1 aromatic carbocycles. The van der Waals surface area contributed by atoms with E-state index in [-0.39, 0.29) is 23.9 Å². The molecule has 3 atom stereocenters. The first-order chi connectivity index (χ1) is 8.47. The van der Waals surface area contributed by atoms with E-state index in [1.165, 1.54) is 6.07 Å². The summed E-state index contributed by atoms with van der Waals surface area (Å²) in [7, 11) is 1.92. The van der Waals surface area contributed by atoms with Crippen molar-refractivity contribution < 1.29 is 9.50 Å². The number of hydrogen-bond donors (Lipinski definition) is 1. The zero-order valence-corrected chi connectivity index (χ0v) is 11.7. The summed E-state index contributed by atoms with van der Waals surface area (Å²) in [6, 6.07) is 6.77. The Kier molecular flexibility index (Phi) is 5.76. The van der Waals surface area contributed by atoms with E-state index in [9.17, 15) is 9.50 Å². The summed E-state index contributed by atoms with van der Waals surface area (Å²) in [5.74, 6) is 0.0788. The van der Waals surface area contributed by atoms with Gasteiger partial charge in [0.25, 0.3) is 0 Å². The second-order valence-electron chi connectivity index (χ2n) is 5.09. The molecule has 0 spiro atoms. The molecule has 0 heterocycles. The molecule has 0 saturated carbocycles. The highest BCUT2D eigenvalue weighted by Crippen LogP contribution is 2.22. The van der Waals surface area contributed by atoms with Crippen molar-refractivity contribution in [3.05, 3.63) is 35.6 Å². The monoisotopic (exact) mass is 253 g/mol. The summed E-state index contributed by atoms with van der Waals surface area (Å²) >= 11 is 0. The average molecular weight is 253 g/mol. The van der Waals surface area contributed by atoms with Crippen LogP contribution in [-0.4, -0.2) is 29.7 Å². The molecule has 0 aromatic heterocycles. The molecule has 3 heteroatoms. The van der Waals surface area contributed by atoms with Gasteiger partial charge in [-0.15, -0.1) is 0 Å². The molecule has 1 rings (SSSR count). The molecule has 1 aromatic rings. The van der Waals surface area contributed by atoms with Crippen LogP contribution < -0.4 is 0 Å². The summed E-state index contributed by atoms with van der Waals surface area (Å²) in [5, 5.41) is 10.0. The van der Waals surface area contributed by atoms with Crippen molar-refractivity contribution in [3.8, 4) is 0 Å². The molecule has 0 radical (unpaired) electrons. The molecule has 0 amide bonds. The lowest BCUT2D eigenvalue weighted by molar-refractivity contribution is 0.0647. The van der Waals surface area contributed by atoms with Crippen LogP contribution in [0.2, 0.25) is 0 Å². The fraction of sp³-hybridized carbons (Fsp3) is 0.600. The summed E-state index contributed by atoms with van der Waals surface area (Å²) in [4.78, 5) is 2.00. The van der Waals surface area contributed by atoms with Crippen LogP contribution in [-0.2, 0) is 0 Å². The van der Waals surface area contributed by atoms with Crippen molar-refractivity contribution in [1.82, 2.24) is 4.90 Å². The quantitative estimate of drug-likeness (QED) is 0.841. The van der Waals surface area contributed by atoms with Crippen molar-refractivity contribution in [2.45, 2.75) is 39.3 Å². The third-order valence-corrected chi connectivity index (χ3v) is 3.79. The summed E-state index contributed by atoms with van der Waals surface area (Å²) in [6.45, 7) is 6.62. The number of likely N-dealkylation sites (N-methyl/N-ethyl adjacent to an activating group) is 1. The molecule has 0 bridgehead atoms. The average Bonchev–Trinajstić information content (AvgIpc) is 2.37. The number of nitrogens with zero attached hydrogens (tertiary/aromatic N) is 1. The summed E-state index contributed by atoms with van der Waals surface area (Å²) in [6.07, 6.45) is 0.581. The Morgan fingerprint density at radius 1 is 1.28 bits per heavy atom.